The minimum Gasteiger partial charge on any atom is -0.494 e. The number of anilines is 1. The van der Waals surface area contributed by atoms with E-state index >= 15 is 0 Å². The van der Waals surface area contributed by atoms with E-state index in [0.717, 1.165) is 12.5 Å². The van der Waals surface area contributed by atoms with Crippen LogP contribution in [0.2, 0.25) is 0 Å². The second-order valence-electron chi connectivity index (χ2n) is 4.70. The van der Waals surface area contributed by atoms with Gasteiger partial charge in [-0.2, -0.15) is 0 Å². The summed E-state index contributed by atoms with van der Waals surface area (Å²) < 4.78 is 10.6. The summed E-state index contributed by atoms with van der Waals surface area (Å²) in [5, 5.41) is 2.80. The number of nitrogens with two attached hydrogens (primary N) is 1. The van der Waals surface area contributed by atoms with Crippen LogP contribution in [0.5, 0.6) is 5.75 Å². The van der Waals surface area contributed by atoms with Crippen molar-refractivity contribution in [1.82, 2.24) is 5.32 Å². The lowest BCUT2D eigenvalue weighted by atomic mass is 10.1. The maximum Gasteiger partial charge on any atom is 0.255 e. The van der Waals surface area contributed by atoms with E-state index in [1.807, 2.05) is 0 Å². The number of para-hydroxylation sites is 1. The van der Waals surface area contributed by atoms with Crippen molar-refractivity contribution in [2.24, 2.45) is 5.92 Å². The van der Waals surface area contributed by atoms with Gasteiger partial charge in [0.15, 0.2) is 5.75 Å². The lowest BCUT2D eigenvalue weighted by Gasteiger charge is -2.11. The number of hydrogen-bond donors (Lipinski definition) is 2. The molecule has 0 aromatic heterocycles. The first-order valence-electron chi connectivity index (χ1n) is 6.50. The summed E-state index contributed by atoms with van der Waals surface area (Å²) in [5.41, 5.74) is 6.66. The van der Waals surface area contributed by atoms with Crippen molar-refractivity contribution in [3.63, 3.8) is 0 Å². The van der Waals surface area contributed by atoms with Crippen LogP contribution in [-0.4, -0.2) is 32.8 Å². The third kappa shape index (κ3) is 3.86. The van der Waals surface area contributed by atoms with Gasteiger partial charge >= 0.3 is 0 Å². The Hall–Kier alpha value is -1.75. The standard InChI is InChI=1S/C14H20N2O3/c1-18-13-11(3-2-4-12(13)15)14(17)16-7-8-19-9-10-5-6-10/h2-4,10H,5-9,15H2,1H3,(H,16,17). The molecule has 1 amide bonds. The molecule has 3 N–H and O–H groups in total. The topological polar surface area (TPSA) is 73.6 Å². The van der Waals surface area contributed by atoms with Crippen LogP contribution < -0.4 is 15.8 Å². The van der Waals surface area contributed by atoms with Crippen molar-refractivity contribution >= 4 is 11.6 Å². The number of amides is 1. The van der Waals surface area contributed by atoms with Crippen LogP contribution in [0.3, 0.4) is 0 Å². The summed E-state index contributed by atoms with van der Waals surface area (Å²) in [6, 6.07) is 5.13. The average Bonchev–Trinajstić information content (AvgIpc) is 3.22. The van der Waals surface area contributed by atoms with Crippen LogP contribution in [0.15, 0.2) is 18.2 Å². The Bertz CT molecular complexity index is 444. The molecule has 1 fully saturated rings. The molecule has 0 spiro atoms. The van der Waals surface area contributed by atoms with Crippen LogP contribution in [0.25, 0.3) is 0 Å². The number of carbonyl (C=O) groups excluding carboxylic acids is 1. The van der Waals surface area contributed by atoms with Gasteiger partial charge < -0.3 is 20.5 Å². The first kappa shape index (κ1) is 13.7. The van der Waals surface area contributed by atoms with E-state index in [2.05, 4.69) is 5.32 Å². The van der Waals surface area contributed by atoms with Gasteiger partial charge in [0.25, 0.3) is 5.91 Å². The van der Waals surface area contributed by atoms with Crippen LogP contribution in [0, 0.1) is 5.92 Å². The maximum atomic E-state index is 12.0. The van der Waals surface area contributed by atoms with Crippen LogP contribution in [-0.2, 0) is 4.74 Å². The number of rotatable bonds is 7. The number of methoxy groups -OCH3 is 1. The van der Waals surface area contributed by atoms with Crippen molar-refractivity contribution in [3.05, 3.63) is 23.8 Å². The zero-order valence-electron chi connectivity index (χ0n) is 11.1. The van der Waals surface area contributed by atoms with Gasteiger partial charge in [0.05, 0.1) is 25.0 Å². The van der Waals surface area contributed by atoms with E-state index < -0.39 is 0 Å². The number of hydrogen-bond acceptors (Lipinski definition) is 4. The predicted molar refractivity (Wildman–Crippen MR) is 73.3 cm³/mol. The van der Waals surface area contributed by atoms with Gasteiger partial charge in [-0.1, -0.05) is 6.07 Å². The van der Waals surface area contributed by atoms with Crippen LogP contribution in [0.4, 0.5) is 5.69 Å². The Morgan fingerprint density at radius 1 is 1.47 bits per heavy atom. The average molecular weight is 264 g/mol. The second-order valence-corrected chi connectivity index (χ2v) is 4.70. The first-order chi connectivity index (χ1) is 9.22. The van der Waals surface area contributed by atoms with Crippen molar-refractivity contribution in [3.8, 4) is 5.75 Å². The molecule has 1 aliphatic rings. The Morgan fingerprint density at radius 3 is 2.95 bits per heavy atom. The lowest BCUT2D eigenvalue weighted by molar-refractivity contribution is 0.0904. The molecule has 5 heteroatoms. The Kier molecular flexibility index (Phi) is 4.63. The highest BCUT2D eigenvalue weighted by Crippen LogP contribution is 2.28. The molecular weight excluding hydrogens is 244 g/mol. The van der Waals surface area contributed by atoms with Crippen molar-refractivity contribution in [2.75, 3.05) is 32.6 Å². The predicted octanol–water partition coefficient (Wildman–Crippen LogP) is 1.43. The van der Waals surface area contributed by atoms with Gasteiger partial charge in [0.2, 0.25) is 0 Å². The third-order valence-electron chi connectivity index (χ3n) is 3.08. The molecule has 104 valence electrons. The number of ether oxygens (including phenoxy) is 2. The van der Waals surface area contributed by atoms with Gasteiger partial charge in [-0.05, 0) is 30.9 Å². The number of nitrogen functional groups attached to an aromatic ring is 1. The maximum absolute atomic E-state index is 12.0. The first-order valence-corrected chi connectivity index (χ1v) is 6.50. The molecule has 0 atom stereocenters. The van der Waals surface area contributed by atoms with E-state index in [9.17, 15) is 4.79 Å². The van der Waals surface area contributed by atoms with Gasteiger partial charge in [-0.15, -0.1) is 0 Å². The third-order valence-corrected chi connectivity index (χ3v) is 3.08. The number of benzene rings is 1. The van der Waals surface area contributed by atoms with Crippen molar-refractivity contribution in [1.29, 1.82) is 0 Å². The minimum atomic E-state index is -0.195. The highest BCUT2D eigenvalue weighted by molar-refractivity contribution is 5.98. The highest BCUT2D eigenvalue weighted by atomic mass is 16.5. The summed E-state index contributed by atoms with van der Waals surface area (Å²) in [5.74, 6) is 0.961. The van der Waals surface area contributed by atoms with Crippen molar-refractivity contribution in [2.45, 2.75) is 12.8 Å². The molecule has 5 nitrogen and oxygen atoms in total. The molecule has 1 aliphatic carbocycles. The Morgan fingerprint density at radius 2 is 2.26 bits per heavy atom. The lowest BCUT2D eigenvalue weighted by Crippen LogP contribution is -2.28. The smallest absolute Gasteiger partial charge is 0.255 e. The van der Waals surface area contributed by atoms with Gasteiger partial charge in [-0.25, -0.2) is 0 Å². The van der Waals surface area contributed by atoms with Crippen LogP contribution >= 0.6 is 0 Å². The highest BCUT2D eigenvalue weighted by Gasteiger charge is 2.21. The zero-order chi connectivity index (χ0) is 13.7. The molecule has 1 aromatic carbocycles. The minimum absolute atomic E-state index is 0.195. The molecule has 0 aliphatic heterocycles. The SMILES string of the molecule is COc1c(N)cccc1C(=O)NCCOCC1CC1. The molecule has 2 rings (SSSR count). The Labute approximate surface area is 113 Å². The summed E-state index contributed by atoms with van der Waals surface area (Å²) >= 11 is 0. The summed E-state index contributed by atoms with van der Waals surface area (Å²) in [4.78, 5) is 12.0. The molecule has 0 saturated heterocycles. The quantitative estimate of drug-likeness (QED) is 0.577. The normalized spacial score (nSPS) is 14.2. The second kappa shape index (κ2) is 6.43. The number of carbonyl (C=O) groups is 1. The molecule has 1 aromatic rings. The van der Waals surface area contributed by atoms with Gasteiger partial charge in [0.1, 0.15) is 0 Å². The molecule has 19 heavy (non-hydrogen) atoms. The number of nitrogens with one attached hydrogen (secondary N) is 1. The van der Waals surface area contributed by atoms with Crippen LogP contribution in [0.1, 0.15) is 23.2 Å². The van der Waals surface area contributed by atoms with E-state index in [-0.39, 0.29) is 5.91 Å². The molecular formula is C14H20N2O3. The van der Waals surface area contributed by atoms with Crippen molar-refractivity contribution < 1.29 is 14.3 Å². The largest absolute Gasteiger partial charge is 0.494 e. The van der Waals surface area contributed by atoms with E-state index in [0.29, 0.717) is 30.2 Å². The Balaban J connectivity index is 1.79. The molecule has 0 heterocycles. The van der Waals surface area contributed by atoms with E-state index in [4.69, 9.17) is 15.2 Å². The fourth-order valence-corrected chi connectivity index (χ4v) is 1.83. The monoisotopic (exact) mass is 264 g/mol. The molecule has 0 unspecified atom stereocenters. The van der Waals surface area contributed by atoms with Gasteiger partial charge in [0, 0.05) is 13.2 Å². The van der Waals surface area contributed by atoms with Gasteiger partial charge in [-0.3, -0.25) is 4.79 Å². The fraction of sp³-hybridized carbons (Fsp3) is 0.500. The summed E-state index contributed by atoms with van der Waals surface area (Å²) in [7, 11) is 1.50. The fourth-order valence-electron chi connectivity index (χ4n) is 1.83. The molecule has 0 bridgehead atoms. The molecule has 0 radical (unpaired) electrons. The molecule has 1 saturated carbocycles. The summed E-state index contributed by atoms with van der Waals surface area (Å²) in [6.45, 7) is 1.83. The van der Waals surface area contributed by atoms with E-state index in [1.54, 1.807) is 18.2 Å². The zero-order valence-corrected chi connectivity index (χ0v) is 11.1. The van der Waals surface area contributed by atoms with E-state index in [1.165, 1.54) is 20.0 Å². The summed E-state index contributed by atoms with van der Waals surface area (Å²) in [6.07, 6.45) is 2.54.